The first-order chi connectivity index (χ1) is 15.2. The average Bonchev–Trinajstić information content (AvgIpc) is 3.57. The summed E-state index contributed by atoms with van der Waals surface area (Å²) in [6, 6.07) is 10.8. The van der Waals surface area contributed by atoms with Gasteiger partial charge in [0.25, 0.3) is 0 Å². The largest absolute Gasteiger partial charge is 0.368 e. The van der Waals surface area contributed by atoms with Crippen molar-refractivity contribution in [3.63, 3.8) is 0 Å². The Labute approximate surface area is 184 Å². The molecule has 1 saturated heterocycles. The van der Waals surface area contributed by atoms with Crippen LogP contribution in [-0.2, 0) is 4.79 Å². The van der Waals surface area contributed by atoms with Gasteiger partial charge >= 0.3 is 0 Å². The number of halogens is 1. The van der Waals surface area contributed by atoms with Gasteiger partial charge in [-0.3, -0.25) is 14.3 Å². The highest BCUT2D eigenvalue weighted by molar-refractivity contribution is 7.99. The van der Waals surface area contributed by atoms with Crippen molar-refractivity contribution in [1.29, 1.82) is 0 Å². The summed E-state index contributed by atoms with van der Waals surface area (Å²) in [5, 5.41) is 9.54. The molecule has 0 atom stereocenters. The van der Waals surface area contributed by atoms with Crippen LogP contribution in [0, 0.1) is 5.82 Å². The molecule has 0 unspecified atom stereocenters. The van der Waals surface area contributed by atoms with Crippen molar-refractivity contribution >= 4 is 23.4 Å². The van der Waals surface area contributed by atoms with E-state index in [1.165, 1.54) is 23.9 Å². The lowest BCUT2D eigenvalue weighted by Crippen LogP contribution is -2.49. The van der Waals surface area contributed by atoms with Gasteiger partial charge in [0.2, 0.25) is 5.91 Å². The van der Waals surface area contributed by atoms with Crippen LogP contribution in [0.25, 0.3) is 11.4 Å². The van der Waals surface area contributed by atoms with E-state index < -0.39 is 0 Å². The Kier molecular flexibility index (Phi) is 5.59. The molecular weight excluding hydrogens is 415 g/mol. The number of carbonyl (C=O) groups excluding carboxylic acids is 1. The Morgan fingerprint density at radius 3 is 2.52 bits per heavy atom. The third-order valence-corrected chi connectivity index (χ3v) is 6.57. The molecule has 3 aromatic rings. The summed E-state index contributed by atoms with van der Waals surface area (Å²) >= 11 is 1.45. The number of piperazine rings is 1. The van der Waals surface area contributed by atoms with Crippen molar-refractivity contribution in [2.45, 2.75) is 24.0 Å². The predicted octanol–water partition coefficient (Wildman–Crippen LogP) is 3.26. The highest BCUT2D eigenvalue weighted by Gasteiger charge is 2.31. The molecule has 1 amide bonds. The first-order valence-electron chi connectivity index (χ1n) is 10.5. The lowest BCUT2D eigenvalue weighted by molar-refractivity contribution is -0.128. The summed E-state index contributed by atoms with van der Waals surface area (Å²) in [5.74, 6) is 1.03. The number of carbonyl (C=O) groups is 1. The van der Waals surface area contributed by atoms with Crippen molar-refractivity contribution in [3.05, 3.63) is 54.6 Å². The molecule has 160 valence electrons. The minimum Gasteiger partial charge on any atom is -0.368 e. The topological polar surface area (TPSA) is 67.2 Å². The fraction of sp³-hybridized carbons (Fsp3) is 0.364. The highest BCUT2D eigenvalue weighted by Crippen LogP contribution is 2.41. The Balaban J connectivity index is 1.20. The summed E-state index contributed by atoms with van der Waals surface area (Å²) < 4.78 is 15.3. The monoisotopic (exact) mass is 438 g/mol. The number of rotatable bonds is 6. The maximum absolute atomic E-state index is 13.1. The van der Waals surface area contributed by atoms with E-state index in [0.29, 0.717) is 24.9 Å². The molecule has 1 aromatic carbocycles. The number of pyridine rings is 1. The van der Waals surface area contributed by atoms with E-state index in [2.05, 4.69) is 24.6 Å². The van der Waals surface area contributed by atoms with Gasteiger partial charge in [-0.15, -0.1) is 10.2 Å². The smallest absolute Gasteiger partial charge is 0.233 e. The molecule has 0 N–H and O–H groups in total. The average molecular weight is 439 g/mol. The molecule has 2 aliphatic rings. The Morgan fingerprint density at radius 2 is 1.84 bits per heavy atom. The molecule has 5 rings (SSSR count). The maximum atomic E-state index is 13.1. The summed E-state index contributed by atoms with van der Waals surface area (Å²) in [6.07, 6.45) is 5.75. The number of nitrogens with zero attached hydrogens (tertiary/aromatic N) is 6. The summed E-state index contributed by atoms with van der Waals surface area (Å²) in [7, 11) is 0. The molecule has 1 aliphatic heterocycles. The van der Waals surface area contributed by atoms with Gasteiger partial charge in [0.05, 0.1) is 5.75 Å². The van der Waals surface area contributed by atoms with Crippen LogP contribution in [0.1, 0.15) is 18.9 Å². The lowest BCUT2D eigenvalue weighted by Gasteiger charge is -2.36. The normalized spacial score (nSPS) is 16.5. The molecule has 2 aromatic heterocycles. The van der Waals surface area contributed by atoms with E-state index in [4.69, 9.17) is 0 Å². The SMILES string of the molecule is O=C(CSc1nnc(-c2cccnc2)n1C1CC1)N1CCN(c2ccc(F)cc2)CC1. The van der Waals surface area contributed by atoms with E-state index in [-0.39, 0.29) is 11.7 Å². The summed E-state index contributed by atoms with van der Waals surface area (Å²) in [6.45, 7) is 2.80. The van der Waals surface area contributed by atoms with Gasteiger partial charge < -0.3 is 9.80 Å². The van der Waals surface area contributed by atoms with Gasteiger partial charge in [-0.05, 0) is 49.2 Å². The third-order valence-electron chi connectivity index (χ3n) is 5.65. The Hall–Kier alpha value is -2.94. The van der Waals surface area contributed by atoms with Gasteiger partial charge in [-0.1, -0.05) is 11.8 Å². The van der Waals surface area contributed by atoms with Crippen LogP contribution in [-0.4, -0.2) is 62.5 Å². The van der Waals surface area contributed by atoms with Crippen molar-refractivity contribution in [2.75, 3.05) is 36.8 Å². The second-order valence-electron chi connectivity index (χ2n) is 7.78. The van der Waals surface area contributed by atoms with Crippen LogP contribution >= 0.6 is 11.8 Å². The maximum Gasteiger partial charge on any atom is 0.233 e. The number of amides is 1. The number of thioether (sulfide) groups is 1. The van der Waals surface area contributed by atoms with Crippen molar-refractivity contribution in [1.82, 2.24) is 24.6 Å². The molecule has 1 aliphatic carbocycles. The van der Waals surface area contributed by atoms with Crippen molar-refractivity contribution in [3.8, 4) is 11.4 Å². The molecule has 0 bridgehead atoms. The molecule has 3 heterocycles. The molecule has 1 saturated carbocycles. The zero-order chi connectivity index (χ0) is 21.2. The number of hydrogen-bond donors (Lipinski definition) is 0. The predicted molar refractivity (Wildman–Crippen MR) is 117 cm³/mol. The molecule has 0 radical (unpaired) electrons. The molecule has 2 fully saturated rings. The second-order valence-corrected chi connectivity index (χ2v) is 8.72. The fourth-order valence-corrected chi connectivity index (χ4v) is 4.72. The number of benzene rings is 1. The van der Waals surface area contributed by atoms with Crippen molar-refractivity contribution < 1.29 is 9.18 Å². The summed E-state index contributed by atoms with van der Waals surface area (Å²) in [5.41, 5.74) is 1.93. The fourth-order valence-electron chi connectivity index (χ4n) is 3.81. The van der Waals surface area contributed by atoms with Gasteiger partial charge in [0, 0.05) is 55.9 Å². The van der Waals surface area contributed by atoms with E-state index in [1.807, 2.05) is 17.0 Å². The molecular formula is C22H23FN6OS. The minimum atomic E-state index is -0.236. The van der Waals surface area contributed by atoms with Crippen LogP contribution in [0.3, 0.4) is 0 Å². The third kappa shape index (κ3) is 4.41. The van der Waals surface area contributed by atoms with Gasteiger partial charge in [0.1, 0.15) is 5.82 Å². The van der Waals surface area contributed by atoms with E-state index in [1.54, 1.807) is 24.5 Å². The zero-order valence-corrected chi connectivity index (χ0v) is 17.8. The van der Waals surface area contributed by atoms with E-state index in [0.717, 1.165) is 48.2 Å². The van der Waals surface area contributed by atoms with Gasteiger partial charge in [-0.2, -0.15) is 0 Å². The van der Waals surface area contributed by atoms with Crippen LogP contribution in [0.2, 0.25) is 0 Å². The van der Waals surface area contributed by atoms with E-state index >= 15 is 0 Å². The van der Waals surface area contributed by atoms with Crippen LogP contribution in [0.5, 0.6) is 0 Å². The minimum absolute atomic E-state index is 0.108. The number of anilines is 1. The highest BCUT2D eigenvalue weighted by atomic mass is 32.2. The Morgan fingerprint density at radius 1 is 1.06 bits per heavy atom. The van der Waals surface area contributed by atoms with Crippen LogP contribution in [0.15, 0.2) is 53.9 Å². The quantitative estimate of drug-likeness (QED) is 0.551. The number of aromatic nitrogens is 4. The first kappa shape index (κ1) is 20.0. The molecule has 7 nitrogen and oxygen atoms in total. The molecule has 0 spiro atoms. The van der Waals surface area contributed by atoms with Gasteiger partial charge in [-0.25, -0.2) is 4.39 Å². The van der Waals surface area contributed by atoms with E-state index in [9.17, 15) is 9.18 Å². The lowest BCUT2D eigenvalue weighted by atomic mass is 10.2. The van der Waals surface area contributed by atoms with Crippen LogP contribution in [0.4, 0.5) is 10.1 Å². The first-order valence-corrected chi connectivity index (χ1v) is 11.4. The van der Waals surface area contributed by atoms with Crippen LogP contribution < -0.4 is 4.90 Å². The Bertz CT molecular complexity index is 1050. The molecule has 9 heteroatoms. The summed E-state index contributed by atoms with van der Waals surface area (Å²) in [4.78, 5) is 21.1. The van der Waals surface area contributed by atoms with Gasteiger partial charge in [0.15, 0.2) is 11.0 Å². The zero-order valence-electron chi connectivity index (χ0n) is 17.0. The number of hydrogen-bond acceptors (Lipinski definition) is 6. The molecule has 31 heavy (non-hydrogen) atoms. The van der Waals surface area contributed by atoms with Crippen molar-refractivity contribution in [2.24, 2.45) is 0 Å². The standard InChI is InChI=1S/C22H23FN6OS/c23-17-3-5-18(6-4-17)27-10-12-28(13-11-27)20(30)15-31-22-26-25-21(29(22)19-7-8-19)16-2-1-9-24-14-16/h1-6,9,14,19H,7-8,10-13,15H2. The second kappa shape index (κ2) is 8.66.